The Balaban J connectivity index is 3.89. The lowest BCUT2D eigenvalue weighted by Crippen LogP contribution is -2.45. The van der Waals surface area contributed by atoms with Gasteiger partial charge in [-0.05, 0) is 59.7 Å². The first kappa shape index (κ1) is 28.2. The number of hydrogen-bond acceptors (Lipinski definition) is 5. The van der Waals surface area contributed by atoms with Gasteiger partial charge < -0.3 is 23.2 Å². The van der Waals surface area contributed by atoms with Crippen LogP contribution in [0.25, 0.3) is 0 Å². The summed E-state index contributed by atoms with van der Waals surface area (Å²) in [5.41, 5.74) is -0.255. The first-order chi connectivity index (χ1) is 13.2. The van der Waals surface area contributed by atoms with Gasteiger partial charge >= 0.3 is 0 Å². The van der Waals surface area contributed by atoms with Crippen molar-refractivity contribution >= 4 is 19.5 Å². The Morgan fingerprint density at radius 2 is 1.04 bits per heavy atom. The predicted molar refractivity (Wildman–Crippen MR) is 126 cm³/mol. The third-order valence-corrected chi connectivity index (χ3v) is 7.17. The van der Waals surface area contributed by atoms with Crippen LogP contribution in [0, 0.1) is 0 Å². The molecule has 0 heterocycles. The van der Waals surface area contributed by atoms with Crippen LogP contribution >= 0.6 is 0 Å². The molecule has 0 saturated heterocycles. The van der Waals surface area contributed by atoms with Crippen LogP contribution in [-0.2, 0) is 18.3 Å². The zero-order chi connectivity index (χ0) is 21.3. The molecule has 0 rings (SSSR count). The molecule has 7 heteroatoms. The van der Waals surface area contributed by atoms with E-state index in [2.05, 4.69) is 39.6 Å². The van der Waals surface area contributed by atoms with E-state index in [0.717, 1.165) is 39.1 Å². The molecule has 0 aliphatic carbocycles. The van der Waals surface area contributed by atoms with Gasteiger partial charge in [0, 0.05) is 40.5 Å². The summed E-state index contributed by atoms with van der Waals surface area (Å²) in [5, 5.41) is 0. The number of likely N-dealkylation sites (N-methyl/N-ethyl adjacent to an activating group) is 1. The smallest absolute Gasteiger partial charge is 0.161 e. The monoisotopic (exact) mass is 435 g/mol. The molecular weight excluding hydrogens is 386 g/mol. The molecule has 0 saturated carbocycles. The summed E-state index contributed by atoms with van der Waals surface area (Å²) in [5.74, 6) is 0. The van der Waals surface area contributed by atoms with Crippen molar-refractivity contribution in [3.63, 3.8) is 0 Å². The van der Waals surface area contributed by atoms with Gasteiger partial charge in [-0.2, -0.15) is 0 Å². The van der Waals surface area contributed by atoms with Crippen molar-refractivity contribution < 1.29 is 18.3 Å². The Labute approximate surface area is 180 Å². The lowest BCUT2D eigenvalue weighted by Gasteiger charge is -2.35. The van der Waals surface area contributed by atoms with Crippen LogP contribution in [0.2, 0.25) is 12.1 Å². The van der Waals surface area contributed by atoms with Crippen LogP contribution in [-0.4, -0.2) is 83.2 Å². The fourth-order valence-electron chi connectivity index (χ4n) is 3.55. The maximum atomic E-state index is 6.16. The van der Waals surface area contributed by atoms with E-state index in [4.69, 9.17) is 18.3 Å². The van der Waals surface area contributed by atoms with E-state index in [1.165, 1.54) is 37.8 Å². The van der Waals surface area contributed by atoms with Gasteiger partial charge in [0.15, 0.2) is 19.5 Å². The van der Waals surface area contributed by atoms with Crippen molar-refractivity contribution in [1.82, 2.24) is 4.90 Å². The van der Waals surface area contributed by atoms with Gasteiger partial charge in [0.2, 0.25) is 0 Å². The lowest BCUT2D eigenvalue weighted by atomic mass is 10.1. The third-order valence-electron chi connectivity index (χ3n) is 4.77. The second-order valence-electron chi connectivity index (χ2n) is 9.20. The molecule has 0 aliphatic rings. The van der Waals surface area contributed by atoms with Crippen LogP contribution in [0.1, 0.15) is 66.2 Å². The van der Waals surface area contributed by atoms with Crippen molar-refractivity contribution in [1.29, 1.82) is 0 Å². The molecule has 0 spiro atoms. The highest BCUT2D eigenvalue weighted by Crippen LogP contribution is 2.17. The molecule has 0 N–H and O–H groups in total. The third kappa shape index (κ3) is 18.3. The quantitative estimate of drug-likeness (QED) is 0.217. The predicted octanol–water partition coefficient (Wildman–Crippen LogP) is 3.15. The summed E-state index contributed by atoms with van der Waals surface area (Å²) >= 11 is 0. The molecule has 0 bridgehead atoms. The maximum Gasteiger partial charge on any atom is 0.161 e. The number of rotatable bonds is 20. The fourth-order valence-corrected chi connectivity index (χ4v) is 5.24. The highest BCUT2D eigenvalue weighted by Gasteiger charge is 2.26. The molecule has 0 fully saturated rings. The zero-order valence-electron chi connectivity index (χ0n) is 20.0. The Bertz CT molecular complexity index is 325. The lowest BCUT2D eigenvalue weighted by molar-refractivity contribution is -0.0682. The van der Waals surface area contributed by atoms with Crippen LogP contribution in [0.3, 0.4) is 0 Å². The van der Waals surface area contributed by atoms with Crippen molar-refractivity contribution in [3.05, 3.63) is 0 Å². The van der Waals surface area contributed by atoms with E-state index in [-0.39, 0.29) is 30.7 Å². The van der Waals surface area contributed by atoms with E-state index < -0.39 is 0 Å². The maximum absolute atomic E-state index is 6.16. The van der Waals surface area contributed by atoms with Gasteiger partial charge in [0.1, 0.15) is 0 Å². The second-order valence-corrected chi connectivity index (χ2v) is 12.6. The normalized spacial score (nSPS) is 13.7. The van der Waals surface area contributed by atoms with E-state index >= 15 is 0 Å². The van der Waals surface area contributed by atoms with Crippen LogP contribution < -0.4 is 0 Å². The van der Waals surface area contributed by atoms with Gasteiger partial charge in [0.05, 0.1) is 11.2 Å². The van der Waals surface area contributed by atoms with Crippen molar-refractivity contribution in [3.8, 4) is 0 Å². The molecule has 0 amide bonds. The van der Waals surface area contributed by atoms with Crippen molar-refractivity contribution in [2.24, 2.45) is 0 Å². The van der Waals surface area contributed by atoms with E-state index in [9.17, 15) is 0 Å². The average Bonchev–Trinajstić information content (AvgIpc) is 2.59. The van der Waals surface area contributed by atoms with Gasteiger partial charge in [-0.1, -0.05) is 25.7 Å². The highest BCUT2D eigenvalue weighted by atomic mass is 28.2. The van der Waals surface area contributed by atoms with E-state index in [1.807, 2.05) is 14.2 Å². The van der Waals surface area contributed by atoms with Crippen LogP contribution in [0.4, 0.5) is 0 Å². The molecule has 0 radical (unpaired) electrons. The molecular formula is C21H49NO4Si2. The molecule has 28 heavy (non-hydrogen) atoms. The molecule has 170 valence electrons. The average molecular weight is 436 g/mol. The number of unbranched alkanes of at least 4 members (excludes halogenated alkanes) is 4. The minimum Gasteiger partial charge on any atom is -0.427 e. The molecule has 0 aromatic carbocycles. The Hall–Kier alpha value is 0.234. The van der Waals surface area contributed by atoms with Gasteiger partial charge in [-0.25, -0.2) is 0 Å². The summed E-state index contributed by atoms with van der Waals surface area (Å²) in [6.07, 6.45) is 7.35. The summed E-state index contributed by atoms with van der Waals surface area (Å²) in [4.78, 5) is 2.34. The van der Waals surface area contributed by atoms with Gasteiger partial charge in [0.25, 0.3) is 0 Å². The minimum absolute atomic E-state index is 0.128. The number of ether oxygens (including phenoxy) is 2. The van der Waals surface area contributed by atoms with E-state index in [1.54, 1.807) is 0 Å². The fraction of sp³-hybridized carbons (Fsp3) is 1.00. The number of hydrogen-bond donors (Lipinski definition) is 0. The minimum atomic E-state index is -0.248. The molecule has 0 unspecified atom stereocenters. The van der Waals surface area contributed by atoms with Gasteiger partial charge in [-0.15, -0.1) is 0 Å². The summed E-state index contributed by atoms with van der Waals surface area (Å²) in [6.45, 7) is 12.3. The summed E-state index contributed by atoms with van der Waals surface area (Å²) < 4.78 is 22.8. The van der Waals surface area contributed by atoms with Crippen molar-refractivity contribution in [2.45, 2.75) is 89.5 Å². The molecule has 0 aliphatic heterocycles. The zero-order valence-corrected chi connectivity index (χ0v) is 22.8. The first-order valence-corrected chi connectivity index (χ1v) is 14.3. The largest absolute Gasteiger partial charge is 0.427 e. The summed E-state index contributed by atoms with van der Waals surface area (Å²) in [7, 11) is 5.32. The first-order valence-electron chi connectivity index (χ1n) is 11.2. The number of nitrogens with zero attached hydrogens (tertiary/aromatic N) is 1. The van der Waals surface area contributed by atoms with Crippen molar-refractivity contribution in [2.75, 3.05) is 47.6 Å². The highest BCUT2D eigenvalue weighted by molar-refractivity contribution is 6.27. The van der Waals surface area contributed by atoms with Gasteiger partial charge in [-0.3, -0.25) is 0 Å². The SMILES string of the molecule is CO[SiH2]CCCCCOC(C)(C)CN(C)CC(C)(C)OCCCCC[SiH2]OC. The van der Waals surface area contributed by atoms with Crippen LogP contribution in [0.15, 0.2) is 0 Å². The molecule has 0 atom stereocenters. The van der Waals surface area contributed by atoms with E-state index in [0.29, 0.717) is 0 Å². The second kappa shape index (κ2) is 17.0. The Morgan fingerprint density at radius 3 is 1.39 bits per heavy atom. The Kier molecular flexibility index (Phi) is 17.1. The topological polar surface area (TPSA) is 40.2 Å². The Morgan fingerprint density at radius 1 is 0.643 bits per heavy atom. The molecule has 5 nitrogen and oxygen atoms in total. The van der Waals surface area contributed by atoms with Crippen LogP contribution in [0.5, 0.6) is 0 Å². The molecule has 0 aromatic heterocycles. The molecule has 0 aromatic rings. The summed E-state index contributed by atoms with van der Waals surface area (Å²) in [6, 6.07) is 2.57. The standard InChI is InChI=1S/C21H49NO4Si2/c1-20(2,25-14-10-8-12-16-27-23-6)18-22(5)19-21(3,4)26-15-11-9-13-17-28-24-7/h8-19,27-28H2,1-7H3.